The third-order valence-electron chi connectivity index (χ3n) is 4.47. The van der Waals surface area contributed by atoms with Crippen molar-refractivity contribution < 1.29 is 14.3 Å². The molecular weight excluding hydrogens is 412 g/mol. The van der Waals surface area contributed by atoms with Crippen molar-refractivity contribution in [1.82, 2.24) is 16.0 Å². The average Bonchev–Trinajstić information content (AvgIpc) is 3.27. The molecule has 1 aromatic heterocycles. The van der Waals surface area contributed by atoms with E-state index in [0.717, 1.165) is 31.0 Å². The number of guanidine groups is 1. The standard InChI is InChI=1S/C23H34N4O3S/c1-5-24-22(28)16-30-20-10-9-18(13-21(20)29-4)15-27-23(25-6-2)26-14-17(3)12-19-8-7-11-31-19/h7-11,13,17H,5-6,12,14-16H2,1-4H3,(H,24,28)(H2,25,26,27). The van der Waals surface area contributed by atoms with Gasteiger partial charge in [0.05, 0.1) is 13.7 Å². The highest BCUT2D eigenvalue weighted by Crippen LogP contribution is 2.28. The van der Waals surface area contributed by atoms with Crippen LogP contribution in [0, 0.1) is 5.92 Å². The zero-order valence-corrected chi connectivity index (χ0v) is 19.7. The van der Waals surface area contributed by atoms with Crippen molar-refractivity contribution in [1.29, 1.82) is 0 Å². The number of likely N-dealkylation sites (N-methyl/N-ethyl adjacent to an activating group) is 1. The molecule has 0 aliphatic rings. The normalized spacial score (nSPS) is 12.2. The van der Waals surface area contributed by atoms with E-state index in [1.807, 2.05) is 25.1 Å². The Morgan fingerprint density at radius 1 is 1.13 bits per heavy atom. The van der Waals surface area contributed by atoms with E-state index >= 15 is 0 Å². The molecule has 1 heterocycles. The lowest BCUT2D eigenvalue weighted by Gasteiger charge is -2.16. The van der Waals surface area contributed by atoms with Gasteiger partial charge in [-0.15, -0.1) is 11.3 Å². The SMILES string of the molecule is CCNC(=O)COc1ccc(CN=C(NCC)NCC(C)Cc2cccs2)cc1OC. The number of nitrogens with one attached hydrogen (secondary N) is 3. The van der Waals surface area contributed by atoms with Gasteiger partial charge in [-0.3, -0.25) is 4.79 Å². The van der Waals surface area contributed by atoms with Crippen molar-refractivity contribution in [3.05, 3.63) is 46.2 Å². The van der Waals surface area contributed by atoms with Crippen LogP contribution in [-0.4, -0.2) is 45.2 Å². The maximum absolute atomic E-state index is 11.6. The first-order valence-corrected chi connectivity index (χ1v) is 11.5. The molecule has 0 fully saturated rings. The van der Waals surface area contributed by atoms with Crippen LogP contribution in [0.4, 0.5) is 0 Å². The number of ether oxygens (including phenoxy) is 2. The van der Waals surface area contributed by atoms with E-state index in [0.29, 0.717) is 30.5 Å². The number of carbonyl (C=O) groups is 1. The second-order valence-electron chi connectivity index (χ2n) is 7.19. The van der Waals surface area contributed by atoms with Crippen LogP contribution in [-0.2, 0) is 17.8 Å². The van der Waals surface area contributed by atoms with Gasteiger partial charge in [-0.05, 0) is 55.3 Å². The quantitative estimate of drug-likeness (QED) is 0.344. The van der Waals surface area contributed by atoms with E-state index in [4.69, 9.17) is 14.5 Å². The van der Waals surface area contributed by atoms with Crippen molar-refractivity contribution in [3.63, 3.8) is 0 Å². The van der Waals surface area contributed by atoms with Gasteiger partial charge in [-0.25, -0.2) is 4.99 Å². The van der Waals surface area contributed by atoms with E-state index in [-0.39, 0.29) is 12.5 Å². The van der Waals surface area contributed by atoms with Crippen molar-refractivity contribution in [2.24, 2.45) is 10.9 Å². The molecule has 0 saturated heterocycles. The van der Waals surface area contributed by atoms with Gasteiger partial charge in [0.1, 0.15) is 0 Å². The van der Waals surface area contributed by atoms with E-state index in [1.54, 1.807) is 18.4 Å². The molecule has 0 saturated carbocycles. The number of rotatable bonds is 12. The molecule has 1 aromatic carbocycles. The Hall–Kier alpha value is -2.74. The molecule has 170 valence electrons. The maximum atomic E-state index is 11.6. The van der Waals surface area contributed by atoms with E-state index < -0.39 is 0 Å². The van der Waals surface area contributed by atoms with Gasteiger partial charge >= 0.3 is 0 Å². The minimum absolute atomic E-state index is 0.0418. The fourth-order valence-corrected chi connectivity index (χ4v) is 3.82. The van der Waals surface area contributed by atoms with Gasteiger partial charge in [0.15, 0.2) is 24.1 Å². The lowest BCUT2D eigenvalue weighted by molar-refractivity contribution is -0.123. The first-order chi connectivity index (χ1) is 15.0. The van der Waals surface area contributed by atoms with Crippen LogP contribution in [0.5, 0.6) is 11.5 Å². The summed E-state index contributed by atoms with van der Waals surface area (Å²) in [6, 6.07) is 9.90. The molecule has 1 amide bonds. The summed E-state index contributed by atoms with van der Waals surface area (Å²) in [4.78, 5) is 17.7. The monoisotopic (exact) mass is 446 g/mol. The Morgan fingerprint density at radius 2 is 1.94 bits per heavy atom. The highest BCUT2D eigenvalue weighted by atomic mass is 32.1. The van der Waals surface area contributed by atoms with Crippen LogP contribution in [0.25, 0.3) is 0 Å². The zero-order chi connectivity index (χ0) is 22.5. The topological polar surface area (TPSA) is 84.0 Å². The summed E-state index contributed by atoms with van der Waals surface area (Å²) in [5, 5.41) is 11.5. The third-order valence-corrected chi connectivity index (χ3v) is 5.37. The predicted molar refractivity (Wildman–Crippen MR) is 127 cm³/mol. The Bertz CT molecular complexity index is 824. The minimum atomic E-state index is -0.159. The molecule has 8 heteroatoms. The van der Waals surface area contributed by atoms with Gasteiger partial charge in [0.25, 0.3) is 5.91 Å². The van der Waals surface area contributed by atoms with Crippen molar-refractivity contribution in [3.8, 4) is 11.5 Å². The molecule has 7 nitrogen and oxygen atoms in total. The van der Waals surface area contributed by atoms with Crippen LogP contribution in [0.1, 0.15) is 31.2 Å². The van der Waals surface area contributed by atoms with Crippen molar-refractivity contribution in [2.45, 2.75) is 33.7 Å². The number of carbonyl (C=O) groups excluding carboxylic acids is 1. The molecule has 0 spiro atoms. The molecule has 2 aromatic rings. The smallest absolute Gasteiger partial charge is 0.257 e. The van der Waals surface area contributed by atoms with Gasteiger partial charge < -0.3 is 25.4 Å². The van der Waals surface area contributed by atoms with Crippen LogP contribution >= 0.6 is 11.3 Å². The molecule has 3 N–H and O–H groups in total. The summed E-state index contributed by atoms with van der Waals surface area (Å²) >= 11 is 1.80. The fourth-order valence-electron chi connectivity index (χ4n) is 2.95. The summed E-state index contributed by atoms with van der Waals surface area (Å²) in [6.45, 7) is 8.83. The molecule has 0 aliphatic heterocycles. The van der Waals surface area contributed by atoms with E-state index in [1.165, 1.54) is 4.88 Å². The number of amides is 1. The number of methoxy groups -OCH3 is 1. The van der Waals surface area contributed by atoms with Gasteiger partial charge in [0, 0.05) is 24.5 Å². The average molecular weight is 447 g/mol. The summed E-state index contributed by atoms with van der Waals surface area (Å²) < 4.78 is 11.0. The Kier molecular flexibility index (Phi) is 10.7. The molecule has 1 unspecified atom stereocenters. The number of aliphatic imine (C=N–C) groups is 1. The number of nitrogens with zero attached hydrogens (tertiary/aromatic N) is 1. The van der Waals surface area contributed by atoms with E-state index in [2.05, 4.69) is 47.3 Å². The highest BCUT2D eigenvalue weighted by molar-refractivity contribution is 7.09. The second kappa shape index (κ2) is 13.5. The highest BCUT2D eigenvalue weighted by Gasteiger charge is 2.09. The summed E-state index contributed by atoms with van der Waals surface area (Å²) in [5.41, 5.74) is 0.992. The van der Waals surface area contributed by atoms with Gasteiger partial charge in [0.2, 0.25) is 0 Å². The summed E-state index contributed by atoms with van der Waals surface area (Å²) in [7, 11) is 1.59. The van der Waals surface area contributed by atoms with Crippen molar-refractivity contribution >= 4 is 23.2 Å². The molecule has 0 aliphatic carbocycles. The molecular formula is C23H34N4O3S. The fraction of sp³-hybridized carbons (Fsp3) is 0.478. The van der Waals surface area contributed by atoms with Crippen molar-refractivity contribution in [2.75, 3.05) is 33.4 Å². The van der Waals surface area contributed by atoms with Gasteiger partial charge in [-0.2, -0.15) is 0 Å². The van der Waals surface area contributed by atoms with E-state index in [9.17, 15) is 4.79 Å². The minimum Gasteiger partial charge on any atom is -0.493 e. The maximum Gasteiger partial charge on any atom is 0.257 e. The first kappa shape index (κ1) is 24.5. The van der Waals surface area contributed by atoms with Crippen LogP contribution < -0.4 is 25.4 Å². The van der Waals surface area contributed by atoms with Gasteiger partial charge in [-0.1, -0.05) is 19.1 Å². The third kappa shape index (κ3) is 8.88. The number of hydrogen-bond acceptors (Lipinski definition) is 5. The Labute approximate surface area is 189 Å². The lowest BCUT2D eigenvalue weighted by atomic mass is 10.1. The number of benzene rings is 1. The molecule has 0 radical (unpaired) electrons. The molecule has 31 heavy (non-hydrogen) atoms. The number of thiophene rings is 1. The predicted octanol–water partition coefficient (Wildman–Crippen LogP) is 3.21. The molecule has 0 bridgehead atoms. The first-order valence-electron chi connectivity index (χ1n) is 10.7. The number of hydrogen-bond donors (Lipinski definition) is 3. The zero-order valence-electron chi connectivity index (χ0n) is 18.9. The lowest BCUT2D eigenvalue weighted by Crippen LogP contribution is -2.39. The Balaban J connectivity index is 1.93. The summed E-state index contributed by atoms with van der Waals surface area (Å²) in [5.74, 6) is 2.25. The second-order valence-corrected chi connectivity index (χ2v) is 8.22. The van der Waals surface area contributed by atoms with Crippen LogP contribution in [0.3, 0.4) is 0 Å². The Morgan fingerprint density at radius 3 is 2.61 bits per heavy atom. The van der Waals surface area contributed by atoms with Crippen LogP contribution in [0.2, 0.25) is 0 Å². The molecule has 1 atom stereocenters. The summed E-state index contributed by atoms with van der Waals surface area (Å²) in [6.07, 6.45) is 1.05. The largest absolute Gasteiger partial charge is 0.493 e. The molecule has 2 rings (SSSR count). The van der Waals surface area contributed by atoms with Crippen LogP contribution in [0.15, 0.2) is 40.7 Å².